The lowest BCUT2D eigenvalue weighted by Crippen LogP contribution is -2.49. The molecule has 4 N–H and O–H groups in total. The Bertz CT molecular complexity index is 1440. The maximum Gasteiger partial charge on any atom is 0.411 e. The molecule has 1 aromatic carbocycles. The molecule has 1 saturated carbocycles. The van der Waals surface area contributed by atoms with Gasteiger partial charge in [-0.05, 0) is 55.5 Å². The maximum absolute atomic E-state index is 13.7. The molecule has 0 unspecified atom stereocenters. The number of carbonyl (C=O) groups excluding carboxylic acids is 4. The van der Waals surface area contributed by atoms with Gasteiger partial charge in [-0.2, -0.15) is 5.10 Å². The zero-order valence-corrected chi connectivity index (χ0v) is 21.3. The molecule has 198 valence electrons. The molecule has 2 bridgehead atoms. The fraction of sp³-hybridized carbons (Fsp3) is 0.360. The van der Waals surface area contributed by atoms with E-state index in [2.05, 4.69) is 25.5 Å². The van der Waals surface area contributed by atoms with Gasteiger partial charge in [-0.25, -0.2) is 9.78 Å². The van der Waals surface area contributed by atoms with Crippen LogP contribution in [0.2, 0.25) is 5.15 Å². The molecule has 0 radical (unpaired) electrons. The van der Waals surface area contributed by atoms with Gasteiger partial charge in [-0.15, -0.1) is 0 Å². The number of aromatic nitrogens is 3. The van der Waals surface area contributed by atoms with Gasteiger partial charge in [0.2, 0.25) is 11.8 Å². The summed E-state index contributed by atoms with van der Waals surface area (Å²) in [5.41, 5.74) is 6.36. The van der Waals surface area contributed by atoms with Crippen molar-refractivity contribution in [3.63, 3.8) is 0 Å². The van der Waals surface area contributed by atoms with Crippen LogP contribution in [0.1, 0.15) is 36.2 Å². The van der Waals surface area contributed by atoms with E-state index in [1.807, 2.05) is 0 Å². The Balaban J connectivity index is 1.43. The van der Waals surface area contributed by atoms with Gasteiger partial charge in [0.15, 0.2) is 5.69 Å². The van der Waals surface area contributed by atoms with E-state index >= 15 is 0 Å². The number of likely N-dealkylation sites (tertiary alicyclic amines) is 1. The summed E-state index contributed by atoms with van der Waals surface area (Å²) in [4.78, 5) is 56.6. The number of nitrogens with two attached hydrogens (primary N) is 1. The van der Waals surface area contributed by atoms with Crippen molar-refractivity contribution in [1.29, 1.82) is 0 Å². The third kappa shape index (κ3) is 4.86. The second-order valence-corrected chi connectivity index (χ2v) is 9.77. The van der Waals surface area contributed by atoms with Crippen molar-refractivity contribution >= 4 is 57.8 Å². The highest BCUT2D eigenvalue weighted by Crippen LogP contribution is 2.41. The number of ether oxygens (including phenoxy) is 1. The van der Waals surface area contributed by atoms with Crippen molar-refractivity contribution in [1.82, 2.24) is 19.7 Å². The number of nitrogens with one attached hydrogen (secondary N) is 2. The normalized spacial score (nSPS) is 20.3. The Kier molecular flexibility index (Phi) is 6.89. The number of hydrogen-bond acceptors (Lipinski definition) is 7. The summed E-state index contributed by atoms with van der Waals surface area (Å²) >= 11 is 5.96. The first-order chi connectivity index (χ1) is 18.2. The van der Waals surface area contributed by atoms with Gasteiger partial charge in [0.1, 0.15) is 23.6 Å². The van der Waals surface area contributed by atoms with Gasteiger partial charge in [0.25, 0.3) is 5.91 Å². The number of rotatable bonds is 6. The minimum atomic E-state index is -0.778. The summed E-state index contributed by atoms with van der Waals surface area (Å²) in [6, 6.07) is 8.97. The van der Waals surface area contributed by atoms with Crippen LogP contribution < -0.4 is 16.4 Å². The van der Waals surface area contributed by atoms with Crippen molar-refractivity contribution < 1.29 is 23.9 Å². The molecular weight excluding hydrogens is 514 g/mol. The predicted molar refractivity (Wildman–Crippen MR) is 139 cm³/mol. The number of carbonyl (C=O) groups is 4. The Morgan fingerprint density at radius 3 is 2.71 bits per heavy atom. The van der Waals surface area contributed by atoms with Crippen LogP contribution in [-0.2, 0) is 20.9 Å². The molecule has 2 aliphatic rings. The molecule has 3 aromatic rings. The van der Waals surface area contributed by atoms with E-state index in [0.717, 1.165) is 25.7 Å². The summed E-state index contributed by atoms with van der Waals surface area (Å²) in [5, 5.41) is 10.3. The molecule has 0 spiro atoms. The zero-order valence-electron chi connectivity index (χ0n) is 20.5. The molecule has 1 saturated heterocycles. The second-order valence-electron chi connectivity index (χ2n) is 9.38. The van der Waals surface area contributed by atoms with Gasteiger partial charge in [0, 0.05) is 17.1 Å². The highest BCUT2D eigenvalue weighted by Gasteiger charge is 2.49. The first-order valence-corrected chi connectivity index (χ1v) is 12.5. The number of fused-ring (bicyclic) bond motifs is 3. The summed E-state index contributed by atoms with van der Waals surface area (Å²) in [6.45, 7) is -0.198. The number of halogens is 1. The van der Waals surface area contributed by atoms with E-state index < -0.39 is 18.0 Å². The van der Waals surface area contributed by atoms with Crippen LogP contribution in [0.3, 0.4) is 0 Å². The molecule has 13 heteroatoms. The number of amides is 4. The van der Waals surface area contributed by atoms with E-state index in [9.17, 15) is 19.2 Å². The summed E-state index contributed by atoms with van der Waals surface area (Å²) in [6.07, 6.45) is 2.63. The molecule has 2 fully saturated rings. The fourth-order valence-corrected chi connectivity index (χ4v) is 5.67. The highest BCUT2D eigenvalue weighted by atomic mass is 35.5. The molecule has 38 heavy (non-hydrogen) atoms. The van der Waals surface area contributed by atoms with E-state index in [0.29, 0.717) is 22.4 Å². The Morgan fingerprint density at radius 2 is 1.97 bits per heavy atom. The van der Waals surface area contributed by atoms with Gasteiger partial charge in [0.05, 0.1) is 12.6 Å². The van der Waals surface area contributed by atoms with Crippen LogP contribution in [-0.4, -0.2) is 62.7 Å². The van der Waals surface area contributed by atoms with Crippen LogP contribution in [0.5, 0.6) is 0 Å². The van der Waals surface area contributed by atoms with Crippen molar-refractivity contribution in [3.05, 3.63) is 47.2 Å². The van der Waals surface area contributed by atoms with Crippen molar-refractivity contribution in [2.24, 2.45) is 11.7 Å². The van der Waals surface area contributed by atoms with Crippen LogP contribution in [0.25, 0.3) is 10.9 Å². The summed E-state index contributed by atoms with van der Waals surface area (Å²) in [5.74, 6) is -1.05. The molecular formula is C25H26ClN7O5. The van der Waals surface area contributed by atoms with Gasteiger partial charge < -0.3 is 20.7 Å². The monoisotopic (exact) mass is 539 g/mol. The average molecular weight is 540 g/mol. The van der Waals surface area contributed by atoms with E-state index in [-0.39, 0.29) is 41.2 Å². The molecule has 2 aromatic heterocycles. The van der Waals surface area contributed by atoms with Crippen LogP contribution in [0.4, 0.5) is 16.3 Å². The molecule has 5 rings (SSSR count). The minimum Gasteiger partial charge on any atom is -0.453 e. The van der Waals surface area contributed by atoms with E-state index in [4.69, 9.17) is 17.3 Å². The van der Waals surface area contributed by atoms with E-state index in [1.165, 1.54) is 17.9 Å². The Hall–Kier alpha value is -4.19. The Labute approximate surface area is 222 Å². The van der Waals surface area contributed by atoms with Gasteiger partial charge in [-0.3, -0.25) is 24.4 Å². The fourth-order valence-electron chi connectivity index (χ4n) is 5.51. The number of hydrogen-bond donors (Lipinski definition) is 3. The van der Waals surface area contributed by atoms with Crippen LogP contribution in [0.15, 0.2) is 36.4 Å². The highest BCUT2D eigenvalue weighted by molar-refractivity contribution is 6.29. The zero-order chi connectivity index (χ0) is 27.0. The van der Waals surface area contributed by atoms with Gasteiger partial charge in [-0.1, -0.05) is 24.1 Å². The number of benzene rings is 1. The van der Waals surface area contributed by atoms with Gasteiger partial charge >= 0.3 is 6.09 Å². The largest absolute Gasteiger partial charge is 0.453 e. The molecule has 4 amide bonds. The van der Waals surface area contributed by atoms with Crippen molar-refractivity contribution in [3.8, 4) is 0 Å². The number of pyridine rings is 1. The minimum absolute atomic E-state index is 0.0272. The van der Waals surface area contributed by atoms with Crippen molar-refractivity contribution in [2.75, 3.05) is 17.7 Å². The molecule has 12 nitrogen and oxygen atoms in total. The molecule has 1 aliphatic carbocycles. The van der Waals surface area contributed by atoms with Crippen molar-refractivity contribution in [2.45, 2.75) is 44.3 Å². The predicted octanol–water partition coefficient (Wildman–Crippen LogP) is 2.77. The summed E-state index contributed by atoms with van der Waals surface area (Å²) < 4.78 is 6.01. The lowest BCUT2D eigenvalue weighted by atomic mass is 9.87. The third-order valence-electron chi connectivity index (χ3n) is 7.05. The lowest BCUT2D eigenvalue weighted by molar-refractivity contribution is -0.139. The quantitative estimate of drug-likeness (QED) is 0.406. The van der Waals surface area contributed by atoms with Crippen LogP contribution >= 0.6 is 11.6 Å². The average Bonchev–Trinajstić information content (AvgIpc) is 3.37. The molecule has 3 heterocycles. The number of primary amides is 1. The maximum atomic E-state index is 13.7. The topological polar surface area (TPSA) is 162 Å². The summed E-state index contributed by atoms with van der Waals surface area (Å²) in [7, 11) is 1.23. The molecule has 1 aliphatic heterocycles. The van der Waals surface area contributed by atoms with E-state index in [1.54, 1.807) is 35.2 Å². The Morgan fingerprint density at radius 1 is 1.16 bits per heavy atom. The second kappa shape index (κ2) is 10.3. The first kappa shape index (κ1) is 25.5. The smallest absolute Gasteiger partial charge is 0.411 e. The third-order valence-corrected chi connectivity index (χ3v) is 7.26. The SMILES string of the molecule is COC(=O)Nc1ccc2c(c1)c(C(N)=O)nn2CC(=O)N1[C@@H]2CCC[C@@H](C2)[C@H]1C(=O)Nc1cccc(Cl)n1. The van der Waals surface area contributed by atoms with Crippen LogP contribution in [0, 0.1) is 5.92 Å². The molecule has 3 atom stereocenters. The number of methoxy groups -OCH3 is 1. The first-order valence-electron chi connectivity index (χ1n) is 12.1. The standard InChI is InChI=1S/C25H26ClN7O5/c1-38-25(37)28-14-8-9-17-16(11-14)21(23(27)35)31-32(17)12-20(34)33-15-5-2-4-13(10-15)22(33)24(36)30-19-7-3-6-18(26)29-19/h3,6-9,11,13,15,22H,2,4-5,10,12H2,1H3,(H2,27,35)(H,28,37)(H,29,30,36)/t13-,15+,22-/m0/s1. The lowest BCUT2D eigenvalue weighted by Gasteiger charge is -2.29. The number of nitrogens with zero attached hydrogens (tertiary/aromatic N) is 4. The number of anilines is 2.